The van der Waals surface area contributed by atoms with Crippen LogP contribution in [0.3, 0.4) is 0 Å². The van der Waals surface area contributed by atoms with Crippen LogP contribution in [-0.4, -0.2) is 38.3 Å². The number of ether oxygens (including phenoxy) is 1. The van der Waals surface area contributed by atoms with E-state index in [4.69, 9.17) is 4.74 Å². The smallest absolute Gasteiger partial charge is 0.246 e. The maximum absolute atomic E-state index is 12.0. The number of piperidine rings is 1. The van der Waals surface area contributed by atoms with Gasteiger partial charge < -0.3 is 15.4 Å². The van der Waals surface area contributed by atoms with Crippen molar-refractivity contribution < 1.29 is 9.53 Å². The Labute approximate surface area is 149 Å². The van der Waals surface area contributed by atoms with E-state index in [1.54, 1.807) is 0 Å². The maximum atomic E-state index is 12.0. The van der Waals surface area contributed by atoms with E-state index >= 15 is 0 Å². The fraction of sp³-hybridized carbons (Fsp3) is 0.476. The molecular formula is C21H28N2O2. The predicted octanol–water partition coefficient (Wildman–Crippen LogP) is 2.90. The third-order valence-corrected chi connectivity index (χ3v) is 4.75. The molecule has 0 unspecified atom stereocenters. The Balaban J connectivity index is 1.41. The second-order valence-electron chi connectivity index (χ2n) is 7.08. The second kappa shape index (κ2) is 8.97. The minimum atomic E-state index is -0.0305. The third kappa shape index (κ3) is 5.55. The SMILES string of the molecule is C[C@H](Cc1ccc2ccccc2c1)NC(=O)COC[C@@H]1CCCNC1. The fourth-order valence-electron chi connectivity index (χ4n) is 3.47. The number of carbonyl (C=O) groups excluding carboxylic acids is 1. The number of hydrogen-bond donors (Lipinski definition) is 2. The van der Waals surface area contributed by atoms with E-state index in [1.165, 1.54) is 29.2 Å². The van der Waals surface area contributed by atoms with E-state index in [0.29, 0.717) is 12.5 Å². The zero-order valence-corrected chi connectivity index (χ0v) is 15.0. The van der Waals surface area contributed by atoms with Gasteiger partial charge in [0.1, 0.15) is 6.61 Å². The largest absolute Gasteiger partial charge is 0.371 e. The van der Waals surface area contributed by atoms with E-state index in [2.05, 4.69) is 47.0 Å². The highest BCUT2D eigenvalue weighted by molar-refractivity contribution is 5.83. The molecule has 25 heavy (non-hydrogen) atoms. The van der Waals surface area contributed by atoms with Gasteiger partial charge in [-0.25, -0.2) is 0 Å². The zero-order chi connectivity index (χ0) is 17.5. The van der Waals surface area contributed by atoms with Crippen molar-refractivity contribution in [1.82, 2.24) is 10.6 Å². The molecule has 0 aliphatic carbocycles. The molecule has 4 heteroatoms. The number of carbonyl (C=O) groups is 1. The van der Waals surface area contributed by atoms with Gasteiger partial charge in [-0.3, -0.25) is 4.79 Å². The molecule has 3 rings (SSSR count). The van der Waals surface area contributed by atoms with Crippen LogP contribution in [0, 0.1) is 5.92 Å². The van der Waals surface area contributed by atoms with Gasteiger partial charge in [0.15, 0.2) is 0 Å². The first-order valence-electron chi connectivity index (χ1n) is 9.26. The Morgan fingerprint density at radius 3 is 2.92 bits per heavy atom. The lowest BCUT2D eigenvalue weighted by Crippen LogP contribution is -2.38. The molecule has 134 valence electrons. The Morgan fingerprint density at radius 2 is 2.12 bits per heavy atom. The zero-order valence-electron chi connectivity index (χ0n) is 15.0. The predicted molar refractivity (Wildman–Crippen MR) is 102 cm³/mol. The number of hydrogen-bond acceptors (Lipinski definition) is 3. The summed E-state index contributed by atoms with van der Waals surface area (Å²) in [6.07, 6.45) is 3.21. The third-order valence-electron chi connectivity index (χ3n) is 4.75. The molecule has 0 spiro atoms. The van der Waals surface area contributed by atoms with Gasteiger partial charge in [-0.05, 0) is 55.0 Å². The van der Waals surface area contributed by atoms with Gasteiger partial charge in [0.05, 0.1) is 6.61 Å². The van der Waals surface area contributed by atoms with Crippen molar-refractivity contribution in [3.8, 4) is 0 Å². The summed E-state index contributed by atoms with van der Waals surface area (Å²) < 4.78 is 5.59. The van der Waals surface area contributed by atoms with Gasteiger partial charge in [0, 0.05) is 12.6 Å². The van der Waals surface area contributed by atoms with Crippen molar-refractivity contribution in [3.63, 3.8) is 0 Å². The lowest BCUT2D eigenvalue weighted by Gasteiger charge is -2.22. The molecule has 2 aromatic carbocycles. The Morgan fingerprint density at radius 1 is 1.28 bits per heavy atom. The van der Waals surface area contributed by atoms with Crippen LogP contribution >= 0.6 is 0 Å². The van der Waals surface area contributed by atoms with Crippen LogP contribution in [0.1, 0.15) is 25.3 Å². The summed E-state index contributed by atoms with van der Waals surface area (Å²) in [7, 11) is 0. The van der Waals surface area contributed by atoms with Gasteiger partial charge in [-0.2, -0.15) is 0 Å². The molecule has 1 aliphatic rings. The van der Waals surface area contributed by atoms with Gasteiger partial charge in [-0.1, -0.05) is 42.5 Å². The monoisotopic (exact) mass is 340 g/mol. The van der Waals surface area contributed by atoms with Gasteiger partial charge in [-0.15, -0.1) is 0 Å². The summed E-state index contributed by atoms with van der Waals surface area (Å²) >= 11 is 0. The average Bonchev–Trinajstić information content (AvgIpc) is 2.62. The van der Waals surface area contributed by atoms with Crippen molar-refractivity contribution in [3.05, 3.63) is 48.0 Å². The first-order valence-corrected chi connectivity index (χ1v) is 9.26. The molecule has 2 aromatic rings. The Bertz CT molecular complexity index is 695. The van der Waals surface area contributed by atoms with Crippen molar-refractivity contribution in [1.29, 1.82) is 0 Å². The second-order valence-corrected chi connectivity index (χ2v) is 7.08. The lowest BCUT2D eigenvalue weighted by atomic mass is 10.0. The molecule has 0 saturated carbocycles. The van der Waals surface area contributed by atoms with Crippen LogP contribution in [0.4, 0.5) is 0 Å². The Kier molecular flexibility index (Phi) is 6.42. The van der Waals surface area contributed by atoms with Crippen LogP contribution in [0.5, 0.6) is 0 Å². The first-order chi connectivity index (χ1) is 12.2. The molecule has 1 saturated heterocycles. The highest BCUT2D eigenvalue weighted by Crippen LogP contribution is 2.16. The molecule has 2 atom stereocenters. The molecule has 1 fully saturated rings. The minimum absolute atomic E-state index is 0.0305. The van der Waals surface area contributed by atoms with Crippen LogP contribution in [-0.2, 0) is 16.0 Å². The summed E-state index contributed by atoms with van der Waals surface area (Å²) in [6.45, 7) is 4.96. The number of amides is 1. The molecule has 4 nitrogen and oxygen atoms in total. The van der Waals surface area contributed by atoms with Crippen molar-refractivity contribution in [2.45, 2.75) is 32.2 Å². The number of benzene rings is 2. The van der Waals surface area contributed by atoms with Crippen molar-refractivity contribution >= 4 is 16.7 Å². The summed E-state index contributed by atoms with van der Waals surface area (Å²) in [5, 5.41) is 8.88. The highest BCUT2D eigenvalue weighted by Gasteiger charge is 2.14. The van der Waals surface area contributed by atoms with E-state index in [9.17, 15) is 4.79 Å². The van der Waals surface area contributed by atoms with E-state index in [-0.39, 0.29) is 18.6 Å². The normalized spacial score (nSPS) is 18.8. The van der Waals surface area contributed by atoms with Gasteiger partial charge in [0.2, 0.25) is 5.91 Å². The van der Waals surface area contributed by atoms with Gasteiger partial charge in [0.25, 0.3) is 0 Å². The highest BCUT2D eigenvalue weighted by atomic mass is 16.5. The topological polar surface area (TPSA) is 50.4 Å². The average molecular weight is 340 g/mol. The lowest BCUT2D eigenvalue weighted by molar-refractivity contribution is -0.126. The van der Waals surface area contributed by atoms with Crippen LogP contribution in [0.15, 0.2) is 42.5 Å². The van der Waals surface area contributed by atoms with Crippen LogP contribution in [0.25, 0.3) is 10.8 Å². The molecule has 0 radical (unpaired) electrons. The number of nitrogens with one attached hydrogen (secondary N) is 2. The van der Waals surface area contributed by atoms with Crippen molar-refractivity contribution in [2.24, 2.45) is 5.92 Å². The van der Waals surface area contributed by atoms with Gasteiger partial charge >= 0.3 is 0 Å². The van der Waals surface area contributed by atoms with E-state index < -0.39 is 0 Å². The van der Waals surface area contributed by atoms with Crippen LogP contribution < -0.4 is 10.6 Å². The maximum Gasteiger partial charge on any atom is 0.246 e. The van der Waals surface area contributed by atoms with Crippen LogP contribution in [0.2, 0.25) is 0 Å². The summed E-state index contributed by atoms with van der Waals surface area (Å²) in [6, 6.07) is 14.9. The Hall–Kier alpha value is -1.91. The van der Waals surface area contributed by atoms with Crippen molar-refractivity contribution in [2.75, 3.05) is 26.3 Å². The standard InChI is InChI=1S/C21H28N2O2/c1-16(11-17-8-9-19-6-2-3-7-20(19)12-17)23-21(24)15-25-14-18-5-4-10-22-13-18/h2-3,6-9,12,16,18,22H,4-5,10-11,13-15H2,1H3,(H,23,24)/t16-,18-/m1/s1. The molecule has 0 bridgehead atoms. The number of fused-ring (bicyclic) bond motifs is 1. The summed E-state index contributed by atoms with van der Waals surface area (Å²) in [5.74, 6) is 0.508. The molecule has 1 aliphatic heterocycles. The molecule has 1 amide bonds. The fourth-order valence-corrected chi connectivity index (χ4v) is 3.47. The summed E-state index contributed by atoms with van der Waals surface area (Å²) in [4.78, 5) is 12.0. The molecule has 0 aromatic heterocycles. The quantitative estimate of drug-likeness (QED) is 0.815. The summed E-state index contributed by atoms with van der Waals surface area (Å²) in [5.41, 5.74) is 1.24. The first kappa shape index (κ1) is 17.9. The molecule has 1 heterocycles. The number of rotatable bonds is 7. The molecule has 2 N–H and O–H groups in total. The minimum Gasteiger partial charge on any atom is -0.371 e. The van der Waals surface area contributed by atoms with E-state index in [0.717, 1.165) is 19.5 Å². The van der Waals surface area contributed by atoms with E-state index in [1.807, 2.05) is 13.0 Å². The molecular weight excluding hydrogens is 312 g/mol.